The molecule has 0 spiro atoms. The smallest absolute Gasteiger partial charge is 0.144 e. The molecule has 0 aliphatic carbocycles. The maximum atomic E-state index is 11.8. The van der Waals surface area contributed by atoms with E-state index in [4.69, 9.17) is 4.74 Å². The molecule has 1 atom stereocenters. The zero-order valence-electron chi connectivity index (χ0n) is 9.66. The fourth-order valence-electron chi connectivity index (χ4n) is 2.11. The predicted molar refractivity (Wildman–Crippen MR) is 62.5 cm³/mol. The van der Waals surface area contributed by atoms with Gasteiger partial charge in [0, 0.05) is 0 Å². The van der Waals surface area contributed by atoms with E-state index < -0.39 is 11.4 Å². The maximum Gasteiger partial charge on any atom is 0.144 e. The van der Waals surface area contributed by atoms with Crippen LogP contribution in [0, 0.1) is 0 Å². The van der Waals surface area contributed by atoms with Crippen LogP contribution in [0.2, 0.25) is 0 Å². The molecule has 2 aliphatic heterocycles. The van der Waals surface area contributed by atoms with Gasteiger partial charge >= 0.3 is 0 Å². The van der Waals surface area contributed by atoms with E-state index in [2.05, 4.69) is 4.40 Å². The second kappa shape index (κ2) is 3.75. The van der Waals surface area contributed by atoms with Gasteiger partial charge in [-0.15, -0.1) is 0 Å². The van der Waals surface area contributed by atoms with Gasteiger partial charge in [0.2, 0.25) is 0 Å². The van der Waals surface area contributed by atoms with Crippen molar-refractivity contribution in [2.75, 3.05) is 0 Å². The first-order valence-electron chi connectivity index (χ1n) is 5.56. The molecule has 0 aromatic carbocycles. The minimum absolute atomic E-state index is 0.175. The summed E-state index contributed by atoms with van der Waals surface area (Å²) < 4.78 is 21.5. The highest BCUT2D eigenvalue weighted by Crippen LogP contribution is 2.42. The number of rotatable bonds is 2. The molecule has 1 unspecified atom stereocenters. The Morgan fingerprint density at radius 1 is 1.40 bits per heavy atom. The summed E-state index contributed by atoms with van der Waals surface area (Å²) in [5, 5.41) is 0. The van der Waals surface area contributed by atoms with E-state index >= 15 is 0 Å². The molecule has 0 N–H and O–H groups in total. The van der Waals surface area contributed by atoms with Crippen LogP contribution in [-0.2, 0) is 16.1 Å². The van der Waals surface area contributed by atoms with Crippen molar-refractivity contribution in [3.63, 3.8) is 0 Å². The van der Waals surface area contributed by atoms with Gasteiger partial charge in [0.05, 0.1) is 12.3 Å². The molecule has 2 fully saturated rings. The van der Waals surface area contributed by atoms with E-state index in [1.54, 1.807) is 6.21 Å². The summed E-state index contributed by atoms with van der Waals surface area (Å²) in [6.45, 7) is 5.81. The molecular weight excluding hydrogens is 210 g/mol. The summed E-state index contributed by atoms with van der Waals surface area (Å²) in [5.41, 5.74) is -0.175. The van der Waals surface area contributed by atoms with Gasteiger partial charge in [0.1, 0.15) is 21.7 Å². The SMILES string of the molecule is CC(C)(C)[S+]([O-])N=CC12CCC(CC1)O2. The Morgan fingerprint density at radius 2 is 2.00 bits per heavy atom. The highest BCUT2D eigenvalue weighted by atomic mass is 32.2. The summed E-state index contributed by atoms with van der Waals surface area (Å²) in [5.74, 6) is 0. The second-order valence-corrected chi connectivity index (χ2v) is 7.41. The van der Waals surface area contributed by atoms with Gasteiger partial charge in [0.15, 0.2) is 0 Å². The van der Waals surface area contributed by atoms with Gasteiger partial charge in [-0.25, -0.2) is 0 Å². The van der Waals surface area contributed by atoms with E-state index in [1.807, 2.05) is 20.8 Å². The fourth-order valence-corrected chi connectivity index (χ4v) is 2.71. The molecule has 86 valence electrons. The Balaban J connectivity index is 1.99. The van der Waals surface area contributed by atoms with Crippen LogP contribution in [0.15, 0.2) is 4.40 Å². The van der Waals surface area contributed by atoms with Crippen LogP contribution in [-0.4, -0.2) is 27.2 Å². The molecular formula is C11H19NO2S. The van der Waals surface area contributed by atoms with E-state index in [0.717, 1.165) is 25.7 Å². The summed E-state index contributed by atoms with van der Waals surface area (Å²) in [7, 11) is 0. The van der Waals surface area contributed by atoms with Gasteiger partial charge in [-0.2, -0.15) is 0 Å². The van der Waals surface area contributed by atoms with Crippen LogP contribution in [0.3, 0.4) is 0 Å². The van der Waals surface area contributed by atoms with Gasteiger partial charge in [-0.3, -0.25) is 0 Å². The van der Waals surface area contributed by atoms with Crippen molar-refractivity contribution in [3.05, 3.63) is 0 Å². The Labute approximate surface area is 94.6 Å². The van der Waals surface area contributed by atoms with Crippen molar-refractivity contribution in [1.82, 2.24) is 0 Å². The second-order valence-electron chi connectivity index (χ2n) is 5.48. The third kappa shape index (κ3) is 2.37. The minimum atomic E-state index is -1.15. The van der Waals surface area contributed by atoms with Crippen molar-refractivity contribution >= 4 is 17.6 Å². The Hall–Kier alpha value is -0.0600. The summed E-state index contributed by atoms with van der Waals surface area (Å²) >= 11 is -1.15. The number of fused-ring (bicyclic) bond motifs is 2. The third-order valence-corrected chi connectivity index (χ3v) is 4.43. The summed E-state index contributed by atoms with van der Waals surface area (Å²) in [6.07, 6.45) is 6.59. The lowest BCUT2D eigenvalue weighted by Crippen LogP contribution is -2.30. The number of hydrogen-bond acceptors (Lipinski definition) is 3. The molecule has 2 rings (SSSR count). The average Bonchev–Trinajstić information content (AvgIpc) is 2.72. The average molecular weight is 229 g/mol. The first-order valence-corrected chi connectivity index (χ1v) is 6.67. The van der Waals surface area contributed by atoms with Crippen LogP contribution in [0.1, 0.15) is 46.5 Å². The molecule has 3 nitrogen and oxygen atoms in total. The standard InChI is InChI=1S/C11H19NO2S/c1-10(2,3)15(13)12-8-11-6-4-9(14-11)5-7-11/h8-9H,4-7H2,1-3H3. The molecule has 15 heavy (non-hydrogen) atoms. The molecule has 0 radical (unpaired) electrons. The largest absolute Gasteiger partial charge is 0.591 e. The predicted octanol–water partition coefficient (Wildman–Crippen LogP) is 2.23. The number of hydrogen-bond donors (Lipinski definition) is 0. The molecule has 2 bridgehead atoms. The van der Waals surface area contributed by atoms with Crippen LogP contribution in [0.5, 0.6) is 0 Å². The Kier molecular flexibility index (Phi) is 2.86. The lowest BCUT2D eigenvalue weighted by atomic mass is 9.90. The van der Waals surface area contributed by atoms with Crippen molar-refractivity contribution in [1.29, 1.82) is 0 Å². The topological polar surface area (TPSA) is 44.7 Å². The number of nitrogens with zero attached hydrogens (tertiary/aromatic N) is 1. The lowest BCUT2D eigenvalue weighted by molar-refractivity contribution is 0.0684. The van der Waals surface area contributed by atoms with Crippen molar-refractivity contribution in [3.8, 4) is 0 Å². The third-order valence-electron chi connectivity index (χ3n) is 3.09. The van der Waals surface area contributed by atoms with Gasteiger partial charge in [-0.05, 0) is 46.5 Å². The zero-order chi connectivity index (χ0) is 11.1. The summed E-state index contributed by atoms with van der Waals surface area (Å²) in [4.78, 5) is 0. The van der Waals surface area contributed by atoms with E-state index in [1.165, 1.54) is 0 Å². The van der Waals surface area contributed by atoms with Crippen LogP contribution >= 0.6 is 0 Å². The lowest BCUT2D eigenvalue weighted by Gasteiger charge is -2.21. The summed E-state index contributed by atoms with van der Waals surface area (Å²) in [6, 6.07) is 0. The minimum Gasteiger partial charge on any atom is -0.591 e. The highest BCUT2D eigenvalue weighted by molar-refractivity contribution is 7.91. The molecule has 0 saturated carbocycles. The molecule has 2 heterocycles. The molecule has 2 aliphatic rings. The Bertz CT molecular complexity index is 264. The van der Waals surface area contributed by atoms with Crippen molar-refractivity contribution in [2.24, 2.45) is 4.40 Å². The van der Waals surface area contributed by atoms with E-state index in [9.17, 15) is 4.55 Å². The quantitative estimate of drug-likeness (QED) is 0.538. The van der Waals surface area contributed by atoms with Gasteiger partial charge in [-0.1, -0.05) is 4.40 Å². The van der Waals surface area contributed by atoms with Crippen LogP contribution < -0.4 is 0 Å². The molecule has 2 saturated heterocycles. The fraction of sp³-hybridized carbons (Fsp3) is 0.909. The number of ether oxygens (including phenoxy) is 1. The van der Waals surface area contributed by atoms with Gasteiger partial charge < -0.3 is 9.29 Å². The Morgan fingerprint density at radius 3 is 2.40 bits per heavy atom. The zero-order valence-corrected chi connectivity index (χ0v) is 10.5. The van der Waals surface area contributed by atoms with Crippen molar-refractivity contribution in [2.45, 2.75) is 62.9 Å². The monoisotopic (exact) mass is 229 g/mol. The van der Waals surface area contributed by atoms with Crippen LogP contribution in [0.25, 0.3) is 0 Å². The molecule has 0 aromatic heterocycles. The molecule has 0 amide bonds. The molecule has 0 aromatic rings. The highest BCUT2D eigenvalue weighted by Gasteiger charge is 2.45. The normalized spacial score (nSPS) is 37.7. The van der Waals surface area contributed by atoms with E-state index in [-0.39, 0.29) is 10.3 Å². The van der Waals surface area contributed by atoms with E-state index in [0.29, 0.717) is 6.10 Å². The van der Waals surface area contributed by atoms with Gasteiger partial charge in [0.25, 0.3) is 0 Å². The molecule has 4 heteroatoms. The van der Waals surface area contributed by atoms with Crippen molar-refractivity contribution < 1.29 is 9.29 Å². The maximum absolute atomic E-state index is 11.8. The first kappa shape index (κ1) is 11.4. The first-order chi connectivity index (χ1) is 6.91. The van der Waals surface area contributed by atoms with Crippen LogP contribution in [0.4, 0.5) is 0 Å².